The maximum Gasteiger partial charge on any atom is 0.407 e. The van der Waals surface area contributed by atoms with Gasteiger partial charge in [-0.3, -0.25) is 0 Å². The van der Waals surface area contributed by atoms with Gasteiger partial charge in [-0.15, -0.1) is 0 Å². The summed E-state index contributed by atoms with van der Waals surface area (Å²) in [5, 5.41) is 11.9. The predicted octanol–water partition coefficient (Wildman–Crippen LogP) is 0.347. The van der Waals surface area contributed by atoms with E-state index in [0.29, 0.717) is 13.1 Å². The van der Waals surface area contributed by atoms with Crippen LogP contribution in [0.5, 0.6) is 0 Å². The summed E-state index contributed by atoms with van der Waals surface area (Å²) in [5.41, 5.74) is 0. The van der Waals surface area contributed by atoms with Gasteiger partial charge in [-0.25, -0.2) is 4.79 Å². The Morgan fingerprint density at radius 1 is 1.45 bits per heavy atom. The number of piperazine rings is 1. The van der Waals surface area contributed by atoms with Gasteiger partial charge < -0.3 is 15.3 Å². The number of nitrogens with one attached hydrogen (secondary N) is 1. The highest BCUT2D eigenvalue weighted by atomic mass is 16.4. The molecular formula is C7H14N2O2. The molecule has 4 heteroatoms. The van der Waals surface area contributed by atoms with Gasteiger partial charge in [0.15, 0.2) is 0 Å². The summed E-state index contributed by atoms with van der Waals surface area (Å²) in [6.07, 6.45) is -0.815. The lowest BCUT2D eigenvalue weighted by molar-refractivity contribution is 0.120. The van der Waals surface area contributed by atoms with Crippen molar-refractivity contribution in [2.75, 3.05) is 13.1 Å². The number of amides is 1. The van der Waals surface area contributed by atoms with E-state index in [-0.39, 0.29) is 12.1 Å². The summed E-state index contributed by atoms with van der Waals surface area (Å²) >= 11 is 0. The van der Waals surface area contributed by atoms with Gasteiger partial charge in [0, 0.05) is 25.2 Å². The number of carbonyl (C=O) groups is 1. The van der Waals surface area contributed by atoms with Crippen LogP contribution in [0.1, 0.15) is 13.8 Å². The van der Waals surface area contributed by atoms with E-state index in [1.807, 2.05) is 13.8 Å². The average molecular weight is 158 g/mol. The third-order valence-corrected chi connectivity index (χ3v) is 1.83. The first-order valence-corrected chi connectivity index (χ1v) is 3.83. The molecular weight excluding hydrogens is 144 g/mol. The lowest BCUT2D eigenvalue weighted by Crippen LogP contribution is -2.55. The van der Waals surface area contributed by atoms with Crippen LogP contribution in [0.25, 0.3) is 0 Å². The Hall–Kier alpha value is -0.770. The minimum atomic E-state index is -0.815. The zero-order chi connectivity index (χ0) is 8.43. The Bertz CT molecular complexity index is 151. The quantitative estimate of drug-likeness (QED) is 0.534. The van der Waals surface area contributed by atoms with Gasteiger partial charge in [0.2, 0.25) is 0 Å². The fourth-order valence-corrected chi connectivity index (χ4v) is 1.48. The first-order chi connectivity index (χ1) is 5.09. The number of nitrogens with zero attached hydrogens (tertiary/aromatic N) is 1. The van der Waals surface area contributed by atoms with Crippen molar-refractivity contribution >= 4 is 6.09 Å². The molecule has 1 heterocycles. The van der Waals surface area contributed by atoms with Crippen LogP contribution in [-0.2, 0) is 0 Å². The minimum absolute atomic E-state index is 0.273. The molecule has 0 bridgehead atoms. The maximum atomic E-state index is 10.5. The molecule has 0 aromatic carbocycles. The van der Waals surface area contributed by atoms with Crippen molar-refractivity contribution in [3.8, 4) is 0 Å². The number of rotatable bonds is 0. The zero-order valence-corrected chi connectivity index (χ0v) is 6.87. The van der Waals surface area contributed by atoms with E-state index in [0.717, 1.165) is 0 Å². The molecule has 1 amide bonds. The number of hydrogen-bond donors (Lipinski definition) is 2. The van der Waals surface area contributed by atoms with Gasteiger partial charge in [-0.2, -0.15) is 0 Å². The van der Waals surface area contributed by atoms with Gasteiger partial charge in [-0.1, -0.05) is 0 Å². The lowest BCUT2D eigenvalue weighted by atomic mass is 10.2. The summed E-state index contributed by atoms with van der Waals surface area (Å²) < 4.78 is 0. The molecule has 1 fully saturated rings. The maximum absolute atomic E-state index is 10.5. The van der Waals surface area contributed by atoms with Crippen LogP contribution in [0, 0.1) is 0 Å². The summed E-state index contributed by atoms with van der Waals surface area (Å²) in [6, 6.07) is 0.546. The molecule has 0 aromatic rings. The second-order valence-electron chi connectivity index (χ2n) is 3.16. The Morgan fingerprint density at radius 2 is 1.91 bits per heavy atom. The molecule has 2 atom stereocenters. The van der Waals surface area contributed by atoms with E-state index in [1.165, 1.54) is 4.90 Å². The molecule has 0 aromatic heterocycles. The first-order valence-electron chi connectivity index (χ1n) is 3.83. The fraction of sp³-hybridized carbons (Fsp3) is 0.857. The summed E-state index contributed by atoms with van der Waals surface area (Å²) in [4.78, 5) is 12.0. The largest absolute Gasteiger partial charge is 0.465 e. The van der Waals surface area contributed by atoms with Crippen LogP contribution < -0.4 is 5.32 Å². The van der Waals surface area contributed by atoms with Crippen LogP contribution in [-0.4, -0.2) is 41.3 Å². The van der Waals surface area contributed by atoms with Crippen LogP contribution in [0.4, 0.5) is 4.79 Å². The van der Waals surface area contributed by atoms with Gasteiger partial charge in [-0.05, 0) is 13.8 Å². The first kappa shape index (κ1) is 8.33. The second kappa shape index (κ2) is 3.09. The molecule has 1 aliphatic heterocycles. The van der Waals surface area contributed by atoms with Gasteiger partial charge in [0.05, 0.1) is 0 Å². The molecule has 2 N–H and O–H groups in total. The molecule has 0 radical (unpaired) electrons. The smallest absolute Gasteiger partial charge is 0.407 e. The SMILES string of the molecule is C[C@@H]1CN(C(=O)O)C[C@@H](C)N1. The van der Waals surface area contributed by atoms with Crippen molar-refractivity contribution in [3.05, 3.63) is 0 Å². The predicted molar refractivity (Wildman–Crippen MR) is 41.7 cm³/mol. The molecule has 1 aliphatic rings. The zero-order valence-electron chi connectivity index (χ0n) is 6.87. The van der Waals surface area contributed by atoms with Crippen molar-refractivity contribution in [2.45, 2.75) is 25.9 Å². The van der Waals surface area contributed by atoms with E-state index in [2.05, 4.69) is 5.32 Å². The highest BCUT2D eigenvalue weighted by Crippen LogP contribution is 2.03. The molecule has 11 heavy (non-hydrogen) atoms. The van der Waals surface area contributed by atoms with Crippen molar-refractivity contribution in [1.29, 1.82) is 0 Å². The normalized spacial score (nSPS) is 32.0. The molecule has 0 unspecified atom stereocenters. The molecule has 0 aliphatic carbocycles. The third kappa shape index (κ3) is 2.08. The molecule has 1 rings (SSSR count). The van der Waals surface area contributed by atoms with E-state index in [1.54, 1.807) is 0 Å². The van der Waals surface area contributed by atoms with Crippen LogP contribution in [0.15, 0.2) is 0 Å². The molecule has 64 valence electrons. The van der Waals surface area contributed by atoms with E-state index < -0.39 is 6.09 Å². The Balaban J connectivity index is 2.49. The summed E-state index contributed by atoms with van der Waals surface area (Å²) in [5.74, 6) is 0. The fourth-order valence-electron chi connectivity index (χ4n) is 1.48. The van der Waals surface area contributed by atoms with E-state index in [4.69, 9.17) is 5.11 Å². The Kier molecular flexibility index (Phi) is 2.34. The second-order valence-corrected chi connectivity index (χ2v) is 3.16. The third-order valence-electron chi connectivity index (χ3n) is 1.83. The number of hydrogen-bond acceptors (Lipinski definition) is 2. The monoisotopic (exact) mass is 158 g/mol. The van der Waals surface area contributed by atoms with Gasteiger partial charge in [0.25, 0.3) is 0 Å². The molecule has 0 saturated carbocycles. The Morgan fingerprint density at radius 3 is 2.27 bits per heavy atom. The highest BCUT2D eigenvalue weighted by molar-refractivity contribution is 5.65. The highest BCUT2D eigenvalue weighted by Gasteiger charge is 2.23. The molecule has 4 nitrogen and oxygen atoms in total. The van der Waals surface area contributed by atoms with Gasteiger partial charge in [0.1, 0.15) is 0 Å². The van der Waals surface area contributed by atoms with Crippen LogP contribution in [0.2, 0.25) is 0 Å². The molecule has 0 spiro atoms. The summed E-state index contributed by atoms with van der Waals surface area (Å²) in [6.45, 7) is 5.18. The summed E-state index contributed by atoms with van der Waals surface area (Å²) in [7, 11) is 0. The number of carboxylic acid groups (broad SMARTS) is 1. The van der Waals surface area contributed by atoms with Crippen molar-refractivity contribution in [3.63, 3.8) is 0 Å². The van der Waals surface area contributed by atoms with E-state index in [9.17, 15) is 4.79 Å². The standard InChI is InChI=1S/C7H14N2O2/c1-5-3-9(7(10)11)4-6(2)8-5/h5-6,8H,3-4H2,1-2H3,(H,10,11)/t5-,6-/m1/s1. The van der Waals surface area contributed by atoms with Gasteiger partial charge >= 0.3 is 6.09 Å². The van der Waals surface area contributed by atoms with Crippen molar-refractivity contribution in [2.24, 2.45) is 0 Å². The topological polar surface area (TPSA) is 52.6 Å². The van der Waals surface area contributed by atoms with Crippen molar-refractivity contribution in [1.82, 2.24) is 10.2 Å². The lowest BCUT2D eigenvalue weighted by Gasteiger charge is -2.34. The van der Waals surface area contributed by atoms with Crippen LogP contribution >= 0.6 is 0 Å². The van der Waals surface area contributed by atoms with Crippen LogP contribution in [0.3, 0.4) is 0 Å². The average Bonchev–Trinajstić information content (AvgIpc) is 1.85. The Labute approximate surface area is 66.2 Å². The minimum Gasteiger partial charge on any atom is -0.465 e. The molecule has 1 saturated heterocycles. The van der Waals surface area contributed by atoms with E-state index >= 15 is 0 Å². The van der Waals surface area contributed by atoms with Crippen molar-refractivity contribution < 1.29 is 9.90 Å².